The fourth-order valence-corrected chi connectivity index (χ4v) is 3.59. The molecule has 0 unspecified atom stereocenters. The molecule has 1 heterocycles. The number of halogens is 2. The number of nitrogens with zero attached hydrogens (tertiary/aromatic N) is 1. The van der Waals surface area contributed by atoms with Crippen molar-refractivity contribution >= 4 is 34.9 Å². The van der Waals surface area contributed by atoms with Crippen molar-refractivity contribution in [2.75, 3.05) is 0 Å². The Bertz CT molecular complexity index is 667. The molecule has 0 atom stereocenters. The van der Waals surface area contributed by atoms with Crippen molar-refractivity contribution < 1.29 is 4.39 Å². The maximum Gasteiger partial charge on any atom is 0.178 e. The summed E-state index contributed by atoms with van der Waals surface area (Å²) >= 11 is 11.2. The van der Waals surface area contributed by atoms with E-state index in [1.165, 1.54) is 18.9 Å². The smallest absolute Gasteiger partial charge is 0.178 e. The van der Waals surface area contributed by atoms with Crippen molar-refractivity contribution in [1.29, 1.82) is 0 Å². The predicted molar refractivity (Wildman–Crippen MR) is 74.2 cm³/mol. The molecule has 0 radical (unpaired) electrons. The van der Waals surface area contributed by atoms with Crippen molar-refractivity contribution in [2.24, 2.45) is 0 Å². The second-order valence-electron chi connectivity index (χ2n) is 5.25. The first kappa shape index (κ1) is 12.2. The molecule has 1 aromatic carbocycles. The number of aromatic nitrogens is 2. The van der Waals surface area contributed by atoms with Gasteiger partial charge in [-0.25, -0.2) is 4.39 Å². The average molecular weight is 285 g/mol. The van der Waals surface area contributed by atoms with E-state index < -0.39 is 5.82 Å². The molecule has 5 heteroatoms. The van der Waals surface area contributed by atoms with Gasteiger partial charge in [-0.3, -0.25) is 0 Å². The molecule has 0 spiro atoms. The molecule has 1 N–H and O–H groups in total. The molecule has 0 aliphatic heterocycles. The number of hydrogen-bond donors (Lipinski definition) is 1. The van der Waals surface area contributed by atoms with Crippen LogP contribution in [0, 0.1) is 10.6 Å². The molecular weight excluding hydrogens is 271 g/mol. The standard InChI is InChI=1S/C13H14ClFN2S/c1-13(4-2-3-5-13)17-11-7-9(15)8(14)6-10(11)16-12(17)18/h6-7H,2-5H2,1H3,(H,16,18). The van der Waals surface area contributed by atoms with E-state index in [1.54, 1.807) is 6.07 Å². The summed E-state index contributed by atoms with van der Waals surface area (Å²) in [5.41, 5.74) is 1.61. The summed E-state index contributed by atoms with van der Waals surface area (Å²) in [5, 5.41) is 0.127. The summed E-state index contributed by atoms with van der Waals surface area (Å²) in [7, 11) is 0. The number of hydrogen-bond acceptors (Lipinski definition) is 1. The van der Waals surface area contributed by atoms with Crippen LogP contribution in [-0.4, -0.2) is 9.55 Å². The largest absolute Gasteiger partial charge is 0.331 e. The van der Waals surface area contributed by atoms with E-state index in [2.05, 4.69) is 16.5 Å². The highest BCUT2D eigenvalue weighted by molar-refractivity contribution is 7.71. The minimum Gasteiger partial charge on any atom is -0.331 e. The van der Waals surface area contributed by atoms with Gasteiger partial charge < -0.3 is 9.55 Å². The van der Waals surface area contributed by atoms with Gasteiger partial charge in [0.2, 0.25) is 0 Å². The van der Waals surface area contributed by atoms with Gasteiger partial charge in [-0.15, -0.1) is 0 Å². The van der Waals surface area contributed by atoms with Crippen molar-refractivity contribution in [2.45, 2.75) is 38.1 Å². The lowest BCUT2D eigenvalue weighted by Crippen LogP contribution is -2.26. The Morgan fingerprint density at radius 1 is 1.39 bits per heavy atom. The van der Waals surface area contributed by atoms with Crippen LogP contribution in [0.15, 0.2) is 12.1 Å². The Kier molecular flexibility index (Phi) is 2.75. The molecule has 0 amide bonds. The van der Waals surface area contributed by atoms with Gasteiger partial charge in [-0.05, 0) is 38.0 Å². The molecule has 1 aromatic heterocycles. The minimum atomic E-state index is -0.395. The highest BCUT2D eigenvalue weighted by Gasteiger charge is 2.32. The van der Waals surface area contributed by atoms with Crippen LogP contribution in [0.3, 0.4) is 0 Å². The number of imidazole rings is 1. The summed E-state index contributed by atoms with van der Waals surface area (Å²) in [6, 6.07) is 3.09. The van der Waals surface area contributed by atoms with Crippen LogP contribution in [0.5, 0.6) is 0 Å². The van der Waals surface area contributed by atoms with E-state index in [-0.39, 0.29) is 10.6 Å². The average Bonchev–Trinajstić information content (AvgIpc) is 2.84. The van der Waals surface area contributed by atoms with Gasteiger partial charge in [0, 0.05) is 11.6 Å². The predicted octanol–water partition coefficient (Wildman–Crippen LogP) is 4.78. The number of aromatic amines is 1. The van der Waals surface area contributed by atoms with Gasteiger partial charge in [0.1, 0.15) is 5.82 Å². The van der Waals surface area contributed by atoms with Crippen LogP contribution in [0.1, 0.15) is 32.6 Å². The molecule has 2 nitrogen and oxygen atoms in total. The molecule has 1 fully saturated rings. The lowest BCUT2D eigenvalue weighted by molar-refractivity contribution is 0.335. The maximum atomic E-state index is 13.7. The molecule has 2 aromatic rings. The van der Waals surface area contributed by atoms with Gasteiger partial charge in [-0.1, -0.05) is 24.4 Å². The van der Waals surface area contributed by atoms with Crippen LogP contribution in [0.4, 0.5) is 4.39 Å². The van der Waals surface area contributed by atoms with Gasteiger partial charge in [0.05, 0.1) is 16.1 Å². The van der Waals surface area contributed by atoms with Gasteiger partial charge in [0.15, 0.2) is 4.77 Å². The van der Waals surface area contributed by atoms with Crippen molar-refractivity contribution in [3.8, 4) is 0 Å². The molecule has 3 rings (SSSR count). The monoisotopic (exact) mass is 284 g/mol. The van der Waals surface area contributed by atoms with Crippen LogP contribution < -0.4 is 0 Å². The molecule has 96 valence electrons. The summed E-state index contributed by atoms with van der Waals surface area (Å²) < 4.78 is 16.4. The third kappa shape index (κ3) is 1.70. The fraction of sp³-hybridized carbons (Fsp3) is 0.462. The molecule has 1 aliphatic rings. The highest BCUT2D eigenvalue weighted by Crippen LogP contribution is 2.39. The summed E-state index contributed by atoms with van der Waals surface area (Å²) in [5.74, 6) is -0.395. The van der Waals surface area contributed by atoms with Gasteiger partial charge >= 0.3 is 0 Å². The third-order valence-electron chi connectivity index (χ3n) is 3.94. The zero-order valence-corrected chi connectivity index (χ0v) is 11.7. The number of fused-ring (bicyclic) bond motifs is 1. The number of rotatable bonds is 1. The summed E-state index contributed by atoms with van der Waals surface area (Å²) in [4.78, 5) is 3.12. The van der Waals surface area contributed by atoms with E-state index in [9.17, 15) is 4.39 Å². The Hall–Kier alpha value is -0.870. The van der Waals surface area contributed by atoms with Crippen LogP contribution in [-0.2, 0) is 5.54 Å². The molecule has 0 bridgehead atoms. The first-order valence-electron chi connectivity index (χ1n) is 6.11. The SMILES string of the molecule is CC1(n2c(=S)[nH]c3cc(Cl)c(F)cc32)CCCC1. The van der Waals surface area contributed by atoms with Crippen LogP contribution in [0.2, 0.25) is 5.02 Å². The lowest BCUT2D eigenvalue weighted by Gasteiger charge is -2.26. The van der Waals surface area contributed by atoms with Crippen molar-refractivity contribution in [3.05, 3.63) is 27.7 Å². The van der Waals surface area contributed by atoms with Crippen molar-refractivity contribution in [1.82, 2.24) is 9.55 Å². The third-order valence-corrected chi connectivity index (χ3v) is 4.52. The first-order valence-corrected chi connectivity index (χ1v) is 6.90. The van der Waals surface area contributed by atoms with E-state index >= 15 is 0 Å². The second kappa shape index (κ2) is 4.07. The minimum absolute atomic E-state index is 0.00436. The fourth-order valence-electron chi connectivity index (χ4n) is 3.00. The maximum absolute atomic E-state index is 13.7. The summed E-state index contributed by atoms with van der Waals surface area (Å²) in [6.07, 6.45) is 4.55. The zero-order chi connectivity index (χ0) is 12.9. The summed E-state index contributed by atoms with van der Waals surface area (Å²) in [6.45, 7) is 2.19. The first-order chi connectivity index (χ1) is 8.51. The Balaban J connectivity index is 2.32. The number of nitrogens with one attached hydrogen (secondary N) is 1. The Morgan fingerprint density at radius 3 is 2.72 bits per heavy atom. The topological polar surface area (TPSA) is 20.7 Å². The van der Waals surface area contributed by atoms with Gasteiger partial charge in [-0.2, -0.15) is 0 Å². The van der Waals surface area contributed by atoms with Crippen molar-refractivity contribution in [3.63, 3.8) is 0 Å². The van der Waals surface area contributed by atoms with Gasteiger partial charge in [0.25, 0.3) is 0 Å². The second-order valence-corrected chi connectivity index (χ2v) is 6.05. The normalized spacial score (nSPS) is 18.6. The van der Waals surface area contributed by atoms with Crippen LogP contribution in [0.25, 0.3) is 11.0 Å². The molecular formula is C13H14ClFN2S. The number of benzene rings is 1. The zero-order valence-electron chi connectivity index (χ0n) is 10.1. The lowest BCUT2D eigenvalue weighted by atomic mass is 10.00. The quantitative estimate of drug-likeness (QED) is 0.747. The number of H-pyrrole nitrogens is 1. The molecule has 1 saturated carbocycles. The molecule has 1 aliphatic carbocycles. The molecule has 18 heavy (non-hydrogen) atoms. The Morgan fingerprint density at radius 2 is 2.06 bits per heavy atom. The van der Waals surface area contributed by atoms with E-state index in [0.29, 0.717) is 4.77 Å². The van der Waals surface area contributed by atoms with E-state index in [4.69, 9.17) is 23.8 Å². The van der Waals surface area contributed by atoms with E-state index in [1.807, 2.05) is 0 Å². The van der Waals surface area contributed by atoms with Crippen LogP contribution >= 0.6 is 23.8 Å². The molecule has 0 saturated heterocycles. The Labute approximate surface area is 115 Å². The van der Waals surface area contributed by atoms with E-state index in [0.717, 1.165) is 23.9 Å². The highest BCUT2D eigenvalue weighted by atomic mass is 35.5.